The van der Waals surface area contributed by atoms with Crippen LogP contribution in [0.5, 0.6) is 0 Å². The lowest BCUT2D eigenvalue weighted by Gasteiger charge is -2.07. The fourth-order valence-electron chi connectivity index (χ4n) is 1.90. The van der Waals surface area contributed by atoms with E-state index in [0.717, 1.165) is 5.56 Å². The molecule has 110 valence electrons. The molecule has 5 heteroatoms. The number of hydrogen-bond acceptors (Lipinski definition) is 2. The van der Waals surface area contributed by atoms with Crippen LogP contribution in [-0.2, 0) is 11.2 Å². The maximum absolute atomic E-state index is 13.0. The van der Waals surface area contributed by atoms with E-state index >= 15 is 0 Å². The van der Waals surface area contributed by atoms with E-state index in [1.807, 2.05) is 6.07 Å². The van der Waals surface area contributed by atoms with Crippen molar-refractivity contribution in [3.63, 3.8) is 0 Å². The van der Waals surface area contributed by atoms with Crippen molar-refractivity contribution in [1.29, 1.82) is 0 Å². The molecule has 0 radical (unpaired) electrons. The molecule has 1 amide bonds. The molecule has 0 bridgehead atoms. The average molecular weight is 290 g/mol. The molecular weight excluding hydrogens is 274 g/mol. The van der Waals surface area contributed by atoms with E-state index in [1.54, 1.807) is 12.1 Å². The van der Waals surface area contributed by atoms with Crippen LogP contribution in [0.1, 0.15) is 5.56 Å². The van der Waals surface area contributed by atoms with E-state index in [0.29, 0.717) is 18.7 Å². The summed E-state index contributed by atoms with van der Waals surface area (Å²) in [5, 5.41) is 5.55. The number of rotatable bonds is 6. The molecule has 0 fully saturated rings. The van der Waals surface area contributed by atoms with Crippen molar-refractivity contribution >= 4 is 11.6 Å². The summed E-state index contributed by atoms with van der Waals surface area (Å²) in [6.07, 6.45) is 0.630. The van der Waals surface area contributed by atoms with E-state index in [1.165, 1.54) is 30.3 Å². The van der Waals surface area contributed by atoms with Gasteiger partial charge < -0.3 is 10.6 Å². The Hall–Kier alpha value is -2.27. The van der Waals surface area contributed by atoms with Crippen molar-refractivity contribution in [1.82, 2.24) is 5.32 Å². The van der Waals surface area contributed by atoms with Crippen LogP contribution in [0.25, 0.3) is 0 Å². The molecule has 2 aromatic carbocycles. The van der Waals surface area contributed by atoms with Crippen molar-refractivity contribution in [2.24, 2.45) is 0 Å². The lowest BCUT2D eigenvalue weighted by Crippen LogP contribution is -2.29. The summed E-state index contributed by atoms with van der Waals surface area (Å²) in [5.74, 6) is -0.914. The Morgan fingerprint density at radius 3 is 2.43 bits per heavy atom. The third-order valence-corrected chi connectivity index (χ3v) is 2.87. The number of nitrogens with one attached hydrogen (secondary N) is 2. The highest BCUT2D eigenvalue weighted by molar-refractivity contribution is 5.92. The lowest BCUT2D eigenvalue weighted by atomic mass is 10.1. The number of benzene rings is 2. The Bertz CT molecular complexity index is 617. The number of carbonyl (C=O) groups excluding carboxylic acids is 1. The van der Waals surface area contributed by atoms with Crippen LogP contribution in [0.4, 0.5) is 14.5 Å². The molecule has 0 aliphatic heterocycles. The summed E-state index contributed by atoms with van der Waals surface area (Å²) in [6.45, 7) is 0.672. The van der Waals surface area contributed by atoms with Crippen molar-refractivity contribution in [2.75, 3.05) is 18.4 Å². The van der Waals surface area contributed by atoms with Gasteiger partial charge in [0.15, 0.2) is 0 Å². The monoisotopic (exact) mass is 290 g/mol. The summed E-state index contributed by atoms with van der Waals surface area (Å²) < 4.78 is 25.9. The first kappa shape index (κ1) is 15.1. The van der Waals surface area contributed by atoms with E-state index in [9.17, 15) is 13.6 Å². The third-order valence-electron chi connectivity index (χ3n) is 2.87. The molecule has 0 heterocycles. The molecule has 0 atom stereocenters. The smallest absolute Gasteiger partial charge is 0.238 e. The van der Waals surface area contributed by atoms with Crippen molar-refractivity contribution < 1.29 is 13.6 Å². The van der Waals surface area contributed by atoms with Crippen LogP contribution in [0.15, 0.2) is 48.5 Å². The molecule has 2 N–H and O–H groups in total. The van der Waals surface area contributed by atoms with Gasteiger partial charge in [-0.3, -0.25) is 4.79 Å². The van der Waals surface area contributed by atoms with Crippen LogP contribution in [-0.4, -0.2) is 19.0 Å². The molecule has 2 rings (SSSR count). The zero-order chi connectivity index (χ0) is 15.1. The van der Waals surface area contributed by atoms with E-state index in [-0.39, 0.29) is 18.3 Å². The summed E-state index contributed by atoms with van der Waals surface area (Å²) in [4.78, 5) is 11.6. The predicted octanol–water partition coefficient (Wildman–Crippen LogP) is 2.74. The van der Waals surface area contributed by atoms with Gasteiger partial charge in [0.1, 0.15) is 11.6 Å². The van der Waals surface area contributed by atoms with Gasteiger partial charge in [-0.05, 0) is 48.9 Å². The molecule has 0 saturated carbocycles. The number of halogens is 2. The minimum atomic E-state index is -0.396. The zero-order valence-electron chi connectivity index (χ0n) is 11.4. The molecule has 0 unspecified atom stereocenters. The fourth-order valence-corrected chi connectivity index (χ4v) is 1.90. The van der Waals surface area contributed by atoms with Crippen LogP contribution >= 0.6 is 0 Å². The van der Waals surface area contributed by atoms with Crippen molar-refractivity contribution in [2.45, 2.75) is 6.42 Å². The number of hydrogen-bond donors (Lipinski definition) is 2. The van der Waals surface area contributed by atoms with Gasteiger partial charge in [0, 0.05) is 5.69 Å². The molecule has 2 aromatic rings. The normalized spacial score (nSPS) is 10.4. The van der Waals surface area contributed by atoms with Gasteiger partial charge in [-0.1, -0.05) is 18.2 Å². The maximum atomic E-state index is 13.0. The van der Waals surface area contributed by atoms with Gasteiger partial charge in [-0.25, -0.2) is 8.78 Å². The van der Waals surface area contributed by atoms with E-state index in [4.69, 9.17) is 0 Å². The van der Waals surface area contributed by atoms with Gasteiger partial charge in [0.05, 0.1) is 6.54 Å². The molecule has 0 aliphatic carbocycles. The highest BCUT2D eigenvalue weighted by Gasteiger charge is 2.02. The second kappa shape index (κ2) is 7.50. The molecular formula is C16H16F2N2O. The summed E-state index contributed by atoms with van der Waals surface area (Å²) in [5.41, 5.74) is 1.29. The molecule has 0 spiro atoms. The van der Waals surface area contributed by atoms with E-state index < -0.39 is 5.82 Å². The highest BCUT2D eigenvalue weighted by Crippen LogP contribution is 2.08. The Morgan fingerprint density at radius 1 is 1.00 bits per heavy atom. The van der Waals surface area contributed by atoms with Crippen molar-refractivity contribution in [3.05, 3.63) is 65.7 Å². The number of amides is 1. The number of anilines is 1. The summed E-state index contributed by atoms with van der Waals surface area (Å²) in [6, 6.07) is 12.1. The quantitative estimate of drug-likeness (QED) is 0.803. The maximum Gasteiger partial charge on any atom is 0.238 e. The summed E-state index contributed by atoms with van der Waals surface area (Å²) in [7, 11) is 0. The lowest BCUT2D eigenvalue weighted by molar-refractivity contribution is -0.115. The highest BCUT2D eigenvalue weighted by atomic mass is 19.1. The SMILES string of the molecule is O=C(CNCCc1cccc(F)c1)Nc1cccc(F)c1. The zero-order valence-corrected chi connectivity index (χ0v) is 11.4. The molecule has 0 aromatic heterocycles. The number of carbonyl (C=O) groups is 1. The van der Waals surface area contributed by atoms with E-state index in [2.05, 4.69) is 10.6 Å². The van der Waals surface area contributed by atoms with Crippen LogP contribution < -0.4 is 10.6 Å². The second-order valence-corrected chi connectivity index (χ2v) is 4.62. The van der Waals surface area contributed by atoms with Crippen LogP contribution in [0, 0.1) is 11.6 Å². The second-order valence-electron chi connectivity index (χ2n) is 4.62. The Labute approximate surface area is 122 Å². The standard InChI is InChI=1S/C16H16F2N2O/c17-13-4-1-3-12(9-13)7-8-19-11-16(21)20-15-6-2-5-14(18)10-15/h1-6,9-10,19H,7-8,11H2,(H,20,21). The first-order chi connectivity index (χ1) is 10.1. The van der Waals surface area contributed by atoms with Gasteiger partial charge in [0.25, 0.3) is 0 Å². The summed E-state index contributed by atoms with van der Waals surface area (Å²) >= 11 is 0. The van der Waals surface area contributed by atoms with Gasteiger partial charge in [-0.15, -0.1) is 0 Å². The van der Waals surface area contributed by atoms with Crippen molar-refractivity contribution in [3.8, 4) is 0 Å². The molecule has 0 aliphatic rings. The Morgan fingerprint density at radius 2 is 1.71 bits per heavy atom. The van der Waals surface area contributed by atoms with Gasteiger partial charge >= 0.3 is 0 Å². The fraction of sp³-hybridized carbons (Fsp3) is 0.188. The molecule has 21 heavy (non-hydrogen) atoms. The first-order valence-electron chi connectivity index (χ1n) is 6.64. The first-order valence-corrected chi connectivity index (χ1v) is 6.64. The third kappa shape index (κ3) is 5.31. The van der Waals surface area contributed by atoms with Crippen LogP contribution in [0.2, 0.25) is 0 Å². The minimum Gasteiger partial charge on any atom is -0.325 e. The minimum absolute atomic E-state index is 0.117. The Balaban J connectivity index is 1.70. The topological polar surface area (TPSA) is 41.1 Å². The largest absolute Gasteiger partial charge is 0.325 e. The van der Waals surface area contributed by atoms with Gasteiger partial charge in [0.2, 0.25) is 5.91 Å². The predicted molar refractivity (Wildman–Crippen MR) is 78.0 cm³/mol. The van der Waals surface area contributed by atoms with Gasteiger partial charge in [-0.2, -0.15) is 0 Å². The van der Waals surface area contributed by atoms with Crippen LogP contribution in [0.3, 0.4) is 0 Å². The molecule has 3 nitrogen and oxygen atoms in total. The molecule has 0 saturated heterocycles. The Kier molecular flexibility index (Phi) is 5.40. The average Bonchev–Trinajstić information content (AvgIpc) is 2.44.